The number of rotatable bonds is 7. The molecule has 2 aromatic rings. The van der Waals surface area contributed by atoms with E-state index in [-0.39, 0.29) is 17.4 Å². The van der Waals surface area contributed by atoms with Crippen LogP contribution in [0.1, 0.15) is 36.6 Å². The van der Waals surface area contributed by atoms with Crippen molar-refractivity contribution in [1.82, 2.24) is 5.32 Å². The summed E-state index contributed by atoms with van der Waals surface area (Å²) in [5, 5.41) is 14.4. The van der Waals surface area contributed by atoms with E-state index in [1.54, 1.807) is 12.1 Å². The Hall–Kier alpha value is -2.60. The van der Waals surface area contributed by atoms with E-state index in [0.29, 0.717) is 13.2 Å². The van der Waals surface area contributed by atoms with Crippen LogP contribution in [0.5, 0.6) is 5.75 Å². The molecular formula is C18H23N3O3. The molecule has 0 heterocycles. The Morgan fingerprint density at radius 2 is 2.04 bits per heavy atom. The van der Waals surface area contributed by atoms with Crippen LogP contribution in [0, 0.1) is 17.0 Å². The van der Waals surface area contributed by atoms with Crippen LogP contribution in [0.15, 0.2) is 36.4 Å². The van der Waals surface area contributed by atoms with Crippen molar-refractivity contribution < 1.29 is 9.66 Å². The average Bonchev–Trinajstić information content (AvgIpc) is 2.54. The molecule has 6 nitrogen and oxygen atoms in total. The summed E-state index contributed by atoms with van der Waals surface area (Å²) in [5.41, 5.74) is 8.77. The number of nitro benzene ring substituents is 1. The van der Waals surface area contributed by atoms with Gasteiger partial charge in [-0.05, 0) is 44.0 Å². The van der Waals surface area contributed by atoms with Gasteiger partial charge in [-0.15, -0.1) is 0 Å². The normalized spacial score (nSPS) is 12.0. The molecule has 0 saturated heterocycles. The molecule has 0 aromatic heterocycles. The maximum atomic E-state index is 11.0. The topological polar surface area (TPSA) is 90.4 Å². The predicted octanol–water partition coefficient (Wildman–Crippen LogP) is 3.73. The monoisotopic (exact) mass is 329 g/mol. The molecule has 0 bridgehead atoms. The van der Waals surface area contributed by atoms with Crippen molar-refractivity contribution in [3.8, 4) is 5.75 Å². The Morgan fingerprint density at radius 1 is 1.29 bits per heavy atom. The molecular weight excluding hydrogens is 306 g/mol. The summed E-state index contributed by atoms with van der Waals surface area (Å²) in [6.07, 6.45) is 0. The fraction of sp³-hybridized carbons (Fsp3) is 0.333. The number of ether oxygens (including phenoxy) is 1. The third-order valence-corrected chi connectivity index (χ3v) is 3.87. The standard InChI is InChI=1S/C18H23N3O3/c1-4-24-18-9-12(2)5-6-15(18)11-20-13(3)14-7-8-16(19)17(10-14)21(22)23/h5-10,13,20H,4,11,19H2,1-3H3/t13-/m0/s1. The number of nitrogens with two attached hydrogens (primary N) is 1. The number of anilines is 1. The van der Waals surface area contributed by atoms with Crippen LogP contribution in [-0.4, -0.2) is 11.5 Å². The largest absolute Gasteiger partial charge is 0.494 e. The second-order valence-corrected chi connectivity index (χ2v) is 5.72. The van der Waals surface area contributed by atoms with Crippen LogP contribution in [0.2, 0.25) is 0 Å². The highest BCUT2D eigenvalue weighted by Gasteiger charge is 2.15. The van der Waals surface area contributed by atoms with Gasteiger partial charge in [0.05, 0.1) is 11.5 Å². The van der Waals surface area contributed by atoms with Gasteiger partial charge in [0.15, 0.2) is 0 Å². The zero-order chi connectivity index (χ0) is 17.7. The number of hydrogen-bond acceptors (Lipinski definition) is 5. The van der Waals surface area contributed by atoms with Gasteiger partial charge in [0, 0.05) is 24.2 Å². The minimum absolute atomic E-state index is 0.0555. The molecule has 24 heavy (non-hydrogen) atoms. The molecule has 0 unspecified atom stereocenters. The number of nitrogens with zero attached hydrogens (tertiary/aromatic N) is 1. The lowest BCUT2D eigenvalue weighted by molar-refractivity contribution is -0.384. The summed E-state index contributed by atoms with van der Waals surface area (Å²) in [6.45, 7) is 7.15. The minimum atomic E-state index is -0.460. The molecule has 0 aliphatic rings. The molecule has 0 saturated carbocycles. The van der Waals surface area contributed by atoms with Gasteiger partial charge in [-0.25, -0.2) is 0 Å². The predicted molar refractivity (Wildman–Crippen MR) is 95.1 cm³/mol. The van der Waals surface area contributed by atoms with E-state index >= 15 is 0 Å². The van der Waals surface area contributed by atoms with E-state index < -0.39 is 4.92 Å². The van der Waals surface area contributed by atoms with Gasteiger partial charge >= 0.3 is 0 Å². The van der Waals surface area contributed by atoms with Crippen molar-refractivity contribution in [1.29, 1.82) is 0 Å². The van der Waals surface area contributed by atoms with Gasteiger partial charge < -0.3 is 15.8 Å². The van der Waals surface area contributed by atoms with Crippen LogP contribution in [0.4, 0.5) is 11.4 Å². The lowest BCUT2D eigenvalue weighted by Gasteiger charge is -2.17. The number of aryl methyl sites for hydroxylation is 1. The minimum Gasteiger partial charge on any atom is -0.494 e. The Balaban J connectivity index is 2.12. The van der Waals surface area contributed by atoms with Crippen molar-refractivity contribution >= 4 is 11.4 Å². The third kappa shape index (κ3) is 4.23. The summed E-state index contributed by atoms with van der Waals surface area (Å²) < 4.78 is 5.68. The van der Waals surface area contributed by atoms with Gasteiger partial charge in [0.25, 0.3) is 5.69 Å². The lowest BCUT2D eigenvalue weighted by atomic mass is 10.1. The second kappa shape index (κ2) is 7.79. The van der Waals surface area contributed by atoms with Crippen LogP contribution >= 0.6 is 0 Å². The molecule has 0 amide bonds. The van der Waals surface area contributed by atoms with Crippen molar-refractivity contribution in [2.24, 2.45) is 0 Å². The van der Waals surface area contributed by atoms with E-state index in [2.05, 4.69) is 5.32 Å². The molecule has 1 atom stereocenters. The summed E-state index contributed by atoms with van der Waals surface area (Å²) in [7, 11) is 0. The Morgan fingerprint density at radius 3 is 2.71 bits per heavy atom. The Kier molecular flexibility index (Phi) is 5.76. The van der Waals surface area contributed by atoms with Crippen molar-refractivity contribution in [3.05, 3.63) is 63.2 Å². The summed E-state index contributed by atoms with van der Waals surface area (Å²) in [4.78, 5) is 10.6. The lowest BCUT2D eigenvalue weighted by Crippen LogP contribution is -2.19. The molecule has 0 fully saturated rings. The van der Waals surface area contributed by atoms with Gasteiger partial charge in [0.1, 0.15) is 11.4 Å². The fourth-order valence-electron chi connectivity index (χ4n) is 2.47. The summed E-state index contributed by atoms with van der Waals surface area (Å²) in [6, 6.07) is 10.9. The maximum Gasteiger partial charge on any atom is 0.292 e. The van der Waals surface area contributed by atoms with Crippen LogP contribution in [-0.2, 0) is 6.54 Å². The zero-order valence-electron chi connectivity index (χ0n) is 14.2. The number of nitro groups is 1. The molecule has 0 aliphatic heterocycles. The van der Waals surface area contributed by atoms with Gasteiger partial charge in [-0.3, -0.25) is 10.1 Å². The van der Waals surface area contributed by atoms with Crippen molar-refractivity contribution in [3.63, 3.8) is 0 Å². The molecule has 2 aromatic carbocycles. The number of nitrogen functional groups attached to an aromatic ring is 1. The number of nitrogens with one attached hydrogen (secondary N) is 1. The molecule has 0 spiro atoms. The zero-order valence-corrected chi connectivity index (χ0v) is 14.2. The molecule has 128 valence electrons. The average molecular weight is 329 g/mol. The Labute approximate surface area is 141 Å². The number of benzene rings is 2. The maximum absolute atomic E-state index is 11.0. The second-order valence-electron chi connectivity index (χ2n) is 5.72. The van der Waals surface area contributed by atoms with E-state index in [1.165, 1.54) is 6.07 Å². The van der Waals surface area contributed by atoms with Crippen LogP contribution in [0.3, 0.4) is 0 Å². The van der Waals surface area contributed by atoms with Crippen molar-refractivity contribution in [2.45, 2.75) is 33.4 Å². The first-order valence-electron chi connectivity index (χ1n) is 7.92. The smallest absolute Gasteiger partial charge is 0.292 e. The first-order valence-corrected chi connectivity index (χ1v) is 7.92. The highest BCUT2D eigenvalue weighted by atomic mass is 16.6. The quantitative estimate of drug-likeness (QED) is 0.459. The SMILES string of the molecule is CCOc1cc(C)ccc1CN[C@@H](C)c1ccc(N)c([N+](=O)[O-])c1. The Bertz CT molecular complexity index is 731. The van der Waals surface area contributed by atoms with Crippen molar-refractivity contribution in [2.75, 3.05) is 12.3 Å². The highest BCUT2D eigenvalue weighted by molar-refractivity contribution is 5.59. The highest BCUT2D eigenvalue weighted by Crippen LogP contribution is 2.26. The van der Waals surface area contributed by atoms with Crippen LogP contribution < -0.4 is 15.8 Å². The molecule has 0 radical (unpaired) electrons. The molecule has 2 rings (SSSR count). The van der Waals surface area contributed by atoms with E-state index in [4.69, 9.17) is 10.5 Å². The van der Waals surface area contributed by atoms with Gasteiger partial charge in [-0.2, -0.15) is 0 Å². The van der Waals surface area contributed by atoms with Gasteiger partial charge in [-0.1, -0.05) is 18.2 Å². The third-order valence-electron chi connectivity index (χ3n) is 3.87. The molecule has 0 aliphatic carbocycles. The van der Waals surface area contributed by atoms with E-state index in [0.717, 1.165) is 22.4 Å². The summed E-state index contributed by atoms with van der Waals surface area (Å²) in [5.74, 6) is 0.862. The first kappa shape index (κ1) is 17.7. The van der Waals surface area contributed by atoms with E-state index in [1.807, 2.05) is 39.0 Å². The number of hydrogen-bond donors (Lipinski definition) is 2. The molecule has 6 heteroatoms. The first-order chi connectivity index (χ1) is 11.4. The fourth-order valence-corrected chi connectivity index (χ4v) is 2.47. The van der Waals surface area contributed by atoms with Gasteiger partial charge in [0.2, 0.25) is 0 Å². The van der Waals surface area contributed by atoms with E-state index in [9.17, 15) is 10.1 Å². The van der Waals surface area contributed by atoms with Crippen LogP contribution in [0.25, 0.3) is 0 Å². The summed E-state index contributed by atoms with van der Waals surface area (Å²) >= 11 is 0. The molecule has 3 N–H and O–H groups in total.